The Bertz CT molecular complexity index is 609. The van der Waals surface area contributed by atoms with Gasteiger partial charge in [0.2, 0.25) is 6.10 Å². The Morgan fingerprint density at radius 1 is 1.37 bits per heavy atom. The number of nitrogens with zero attached hydrogens (tertiary/aromatic N) is 2. The van der Waals surface area contributed by atoms with Crippen molar-refractivity contribution in [1.82, 2.24) is 9.78 Å². The number of rotatable bonds is 2. The summed E-state index contributed by atoms with van der Waals surface area (Å²) >= 11 is 0. The highest BCUT2D eigenvalue weighted by molar-refractivity contribution is 5.93. The summed E-state index contributed by atoms with van der Waals surface area (Å²) in [5.41, 5.74) is 0. The number of hydrogen-bond acceptors (Lipinski definition) is 4. The molecule has 1 atom stereocenters. The zero-order chi connectivity index (χ0) is 13.2. The van der Waals surface area contributed by atoms with Gasteiger partial charge in [-0.2, -0.15) is 5.10 Å². The molecule has 6 nitrogen and oxygen atoms in total. The highest BCUT2D eigenvalue weighted by Crippen LogP contribution is 2.31. The molecule has 0 saturated heterocycles. The molecule has 6 heteroatoms. The lowest BCUT2D eigenvalue weighted by Crippen LogP contribution is -2.40. The molecule has 2 aromatic rings. The van der Waals surface area contributed by atoms with E-state index in [0.717, 1.165) is 0 Å². The molecule has 3 rings (SSSR count). The summed E-state index contributed by atoms with van der Waals surface area (Å²) in [4.78, 5) is 12.0. The predicted molar refractivity (Wildman–Crippen MR) is 68.2 cm³/mol. The number of nitrogens with one attached hydrogen (secondary N) is 1. The summed E-state index contributed by atoms with van der Waals surface area (Å²) in [5, 5.41) is 6.77. The number of carbonyl (C=O) groups is 1. The zero-order valence-corrected chi connectivity index (χ0v) is 10.4. The van der Waals surface area contributed by atoms with E-state index < -0.39 is 6.10 Å². The quantitative estimate of drug-likeness (QED) is 0.880. The number of ether oxygens (including phenoxy) is 2. The second-order valence-electron chi connectivity index (χ2n) is 4.23. The first-order valence-corrected chi connectivity index (χ1v) is 5.91. The third-order valence-electron chi connectivity index (χ3n) is 2.77. The Hall–Kier alpha value is -2.50. The maximum Gasteiger partial charge on any atom is 0.270 e. The number of fused-ring (bicyclic) bond motifs is 1. The summed E-state index contributed by atoms with van der Waals surface area (Å²) in [6, 6.07) is 8.99. The molecule has 0 bridgehead atoms. The molecule has 19 heavy (non-hydrogen) atoms. The first-order valence-electron chi connectivity index (χ1n) is 5.91. The van der Waals surface area contributed by atoms with E-state index in [1.165, 1.54) is 0 Å². The Kier molecular flexibility index (Phi) is 2.83. The molecule has 0 saturated carbocycles. The second kappa shape index (κ2) is 4.64. The molecule has 1 aromatic heterocycles. The average molecular weight is 259 g/mol. The van der Waals surface area contributed by atoms with Crippen LogP contribution in [0.15, 0.2) is 36.5 Å². The van der Waals surface area contributed by atoms with Crippen LogP contribution in [-0.4, -0.2) is 28.4 Å². The van der Waals surface area contributed by atoms with Gasteiger partial charge in [0.05, 0.1) is 0 Å². The molecular weight excluding hydrogens is 246 g/mol. The van der Waals surface area contributed by atoms with Crippen LogP contribution in [0.3, 0.4) is 0 Å². The van der Waals surface area contributed by atoms with Gasteiger partial charge in [-0.15, -0.1) is 0 Å². The minimum Gasteiger partial charge on any atom is -0.485 e. The second-order valence-corrected chi connectivity index (χ2v) is 4.23. The van der Waals surface area contributed by atoms with E-state index in [9.17, 15) is 4.79 Å². The molecule has 2 heterocycles. The molecule has 0 radical (unpaired) electrons. The smallest absolute Gasteiger partial charge is 0.270 e. The van der Waals surface area contributed by atoms with E-state index >= 15 is 0 Å². The number of para-hydroxylation sites is 2. The van der Waals surface area contributed by atoms with E-state index in [-0.39, 0.29) is 12.5 Å². The van der Waals surface area contributed by atoms with Crippen LogP contribution in [0.1, 0.15) is 0 Å². The number of aryl methyl sites for hydroxylation is 1. The molecule has 98 valence electrons. The van der Waals surface area contributed by atoms with Crippen molar-refractivity contribution in [3.8, 4) is 11.5 Å². The van der Waals surface area contributed by atoms with Crippen molar-refractivity contribution in [3.63, 3.8) is 0 Å². The summed E-state index contributed by atoms with van der Waals surface area (Å²) in [6.45, 7) is 0.190. The number of hydrogen-bond donors (Lipinski definition) is 1. The summed E-state index contributed by atoms with van der Waals surface area (Å²) in [6.07, 6.45) is 1.08. The fourth-order valence-electron chi connectivity index (χ4n) is 1.84. The van der Waals surface area contributed by atoms with Crippen molar-refractivity contribution in [2.45, 2.75) is 6.10 Å². The molecule has 1 aliphatic rings. The molecule has 1 amide bonds. The van der Waals surface area contributed by atoms with E-state index in [0.29, 0.717) is 17.3 Å². The lowest BCUT2D eigenvalue weighted by atomic mass is 10.2. The fraction of sp³-hybridized carbons (Fsp3) is 0.231. The van der Waals surface area contributed by atoms with Gasteiger partial charge in [0.1, 0.15) is 6.61 Å². The highest BCUT2D eigenvalue weighted by atomic mass is 16.6. The molecule has 0 fully saturated rings. The Balaban J connectivity index is 1.69. The van der Waals surface area contributed by atoms with Gasteiger partial charge in [-0.3, -0.25) is 9.48 Å². The molecular formula is C13H13N3O3. The Morgan fingerprint density at radius 3 is 2.89 bits per heavy atom. The van der Waals surface area contributed by atoms with Crippen LogP contribution in [-0.2, 0) is 11.8 Å². The standard InChI is InChI=1S/C13H13N3O3/c1-16-7-6-12(15-16)14-13(17)11-8-18-9-4-2-3-5-10(9)19-11/h2-7,11H,8H2,1H3,(H,14,15,17). The van der Waals surface area contributed by atoms with Gasteiger partial charge in [-0.05, 0) is 12.1 Å². The van der Waals surface area contributed by atoms with Crippen LogP contribution in [0.4, 0.5) is 5.82 Å². The predicted octanol–water partition coefficient (Wildman–Crippen LogP) is 1.20. The number of aromatic nitrogens is 2. The van der Waals surface area contributed by atoms with Crippen LogP contribution in [0, 0.1) is 0 Å². The van der Waals surface area contributed by atoms with Crippen LogP contribution < -0.4 is 14.8 Å². The van der Waals surface area contributed by atoms with Gasteiger partial charge in [-0.25, -0.2) is 0 Å². The van der Waals surface area contributed by atoms with E-state index in [2.05, 4.69) is 10.4 Å². The third kappa shape index (κ3) is 2.37. The minimum atomic E-state index is -0.670. The maximum atomic E-state index is 12.0. The van der Waals surface area contributed by atoms with E-state index in [4.69, 9.17) is 9.47 Å². The number of anilines is 1. The fourth-order valence-corrected chi connectivity index (χ4v) is 1.84. The summed E-state index contributed by atoms with van der Waals surface area (Å²) < 4.78 is 12.7. The van der Waals surface area contributed by atoms with Gasteiger partial charge in [0, 0.05) is 19.3 Å². The number of benzene rings is 1. The SMILES string of the molecule is Cn1ccc(NC(=O)C2COc3ccccc3O2)n1. The summed E-state index contributed by atoms with van der Waals surface area (Å²) in [7, 11) is 1.78. The van der Waals surface area contributed by atoms with Crippen molar-refractivity contribution in [1.29, 1.82) is 0 Å². The first kappa shape index (κ1) is 11.6. The molecule has 0 aliphatic carbocycles. The van der Waals surface area contributed by atoms with E-state index in [1.807, 2.05) is 18.2 Å². The average Bonchev–Trinajstić information content (AvgIpc) is 2.83. The van der Waals surface area contributed by atoms with Gasteiger partial charge in [0.25, 0.3) is 5.91 Å². The van der Waals surface area contributed by atoms with Gasteiger partial charge < -0.3 is 14.8 Å². The van der Waals surface area contributed by atoms with Crippen molar-refractivity contribution in [3.05, 3.63) is 36.5 Å². The molecule has 1 aliphatic heterocycles. The van der Waals surface area contributed by atoms with Gasteiger partial charge >= 0.3 is 0 Å². The number of amides is 1. The molecule has 1 aromatic carbocycles. The van der Waals surface area contributed by atoms with Crippen molar-refractivity contribution in [2.24, 2.45) is 7.05 Å². The topological polar surface area (TPSA) is 65.4 Å². The van der Waals surface area contributed by atoms with E-state index in [1.54, 1.807) is 30.1 Å². The van der Waals surface area contributed by atoms with Gasteiger partial charge in [-0.1, -0.05) is 12.1 Å². The highest BCUT2D eigenvalue weighted by Gasteiger charge is 2.27. The lowest BCUT2D eigenvalue weighted by Gasteiger charge is -2.25. The van der Waals surface area contributed by atoms with Crippen LogP contribution in [0.25, 0.3) is 0 Å². The summed E-state index contributed by atoms with van der Waals surface area (Å²) in [5.74, 6) is 1.46. The monoisotopic (exact) mass is 259 g/mol. The maximum absolute atomic E-state index is 12.0. The molecule has 1 unspecified atom stereocenters. The zero-order valence-electron chi connectivity index (χ0n) is 10.4. The van der Waals surface area contributed by atoms with Crippen LogP contribution in [0.2, 0.25) is 0 Å². The van der Waals surface area contributed by atoms with Crippen LogP contribution in [0.5, 0.6) is 11.5 Å². The van der Waals surface area contributed by atoms with Crippen LogP contribution >= 0.6 is 0 Å². The lowest BCUT2D eigenvalue weighted by molar-refractivity contribution is -0.125. The van der Waals surface area contributed by atoms with Crippen molar-refractivity contribution < 1.29 is 14.3 Å². The Morgan fingerprint density at radius 2 is 2.16 bits per heavy atom. The normalized spacial score (nSPS) is 17.0. The minimum absolute atomic E-state index is 0.190. The Labute approximate surface area is 109 Å². The third-order valence-corrected chi connectivity index (χ3v) is 2.77. The largest absolute Gasteiger partial charge is 0.485 e. The van der Waals surface area contributed by atoms with Crippen molar-refractivity contribution >= 4 is 11.7 Å². The molecule has 1 N–H and O–H groups in total. The van der Waals surface area contributed by atoms with Gasteiger partial charge in [0.15, 0.2) is 17.3 Å². The number of carbonyl (C=O) groups excluding carboxylic acids is 1. The molecule has 0 spiro atoms. The van der Waals surface area contributed by atoms with Crippen molar-refractivity contribution in [2.75, 3.05) is 11.9 Å². The first-order chi connectivity index (χ1) is 9.22.